The first kappa shape index (κ1) is 14.5. The van der Waals surface area contributed by atoms with E-state index in [9.17, 15) is 10.2 Å². The molecule has 1 aliphatic carbocycles. The van der Waals surface area contributed by atoms with Crippen molar-refractivity contribution in [1.82, 2.24) is 4.90 Å². The van der Waals surface area contributed by atoms with Crippen molar-refractivity contribution in [3.05, 3.63) is 34.9 Å². The van der Waals surface area contributed by atoms with Gasteiger partial charge in [0.1, 0.15) is 0 Å². The van der Waals surface area contributed by atoms with E-state index < -0.39 is 6.10 Å². The lowest BCUT2D eigenvalue weighted by molar-refractivity contribution is 0.0731. The van der Waals surface area contributed by atoms with Gasteiger partial charge in [-0.05, 0) is 50.8 Å². The van der Waals surface area contributed by atoms with Crippen molar-refractivity contribution in [2.24, 2.45) is 5.92 Å². The van der Waals surface area contributed by atoms with Crippen LogP contribution in [0.5, 0.6) is 0 Å². The van der Waals surface area contributed by atoms with Crippen LogP contribution >= 0.6 is 0 Å². The molecule has 1 fully saturated rings. The van der Waals surface area contributed by atoms with Crippen LogP contribution in [0.25, 0.3) is 0 Å². The Bertz CT molecular complexity index is 429. The van der Waals surface area contributed by atoms with E-state index in [1.165, 1.54) is 5.56 Å². The quantitative estimate of drug-likeness (QED) is 0.825. The van der Waals surface area contributed by atoms with Gasteiger partial charge in [0, 0.05) is 13.1 Å². The molecule has 0 amide bonds. The molecule has 106 valence electrons. The normalized spacial score (nSPS) is 18.6. The minimum atomic E-state index is -0.489. The molecule has 0 spiro atoms. The summed E-state index contributed by atoms with van der Waals surface area (Å²) in [6.45, 7) is 5.30. The van der Waals surface area contributed by atoms with Gasteiger partial charge in [-0.25, -0.2) is 0 Å². The van der Waals surface area contributed by atoms with E-state index >= 15 is 0 Å². The zero-order valence-corrected chi connectivity index (χ0v) is 12.1. The molecule has 0 radical (unpaired) electrons. The third-order valence-corrected chi connectivity index (χ3v) is 3.93. The molecule has 2 rings (SSSR count). The topological polar surface area (TPSA) is 43.7 Å². The molecule has 2 unspecified atom stereocenters. The van der Waals surface area contributed by atoms with E-state index in [0.717, 1.165) is 24.0 Å². The summed E-state index contributed by atoms with van der Waals surface area (Å²) in [5.41, 5.74) is 3.33. The maximum atomic E-state index is 10.3. The number of benzene rings is 1. The van der Waals surface area contributed by atoms with Crippen molar-refractivity contribution in [2.75, 3.05) is 20.1 Å². The molecule has 2 N–H and O–H groups in total. The number of rotatable bonds is 6. The van der Waals surface area contributed by atoms with E-state index in [2.05, 4.69) is 13.0 Å². The molecule has 3 nitrogen and oxygen atoms in total. The molecule has 0 saturated heterocycles. The predicted octanol–water partition coefficient (Wildman–Crippen LogP) is 2.04. The number of aliphatic hydroxyl groups excluding tert-OH is 2. The Balaban J connectivity index is 1.90. The predicted molar refractivity (Wildman–Crippen MR) is 77.1 cm³/mol. The molecule has 1 aromatic carbocycles. The summed E-state index contributed by atoms with van der Waals surface area (Å²) in [7, 11) is 1.96. The van der Waals surface area contributed by atoms with Gasteiger partial charge in [-0.1, -0.05) is 23.8 Å². The Morgan fingerprint density at radius 2 is 1.89 bits per heavy atom. The second-order valence-electron chi connectivity index (χ2n) is 6.00. The summed E-state index contributed by atoms with van der Waals surface area (Å²) < 4.78 is 0. The average Bonchev–Trinajstić information content (AvgIpc) is 3.11. The second-order valence-corrected chi connectivity index (χ2v) is 6.00. The molecule has 19 heavy (non-hydrogen) atoms. The van der Waals surface area contributed by atoms with Gasteiger partial charge in [0.2, 0.25) is 0 Å². The van der Waals surface area contributed by atoms with Crippen LogP contribution in [0.2, 0.25) is 0 Å². The van der Waals surface area contributed by atoms with Crippen molar-refractivity contribution in [1.29, 1.82) is 0 Å². The third kappa shape index (κ3) is 4.03. The van der Waals surface area contributed by atoms with Gasteiger partial charge in [0.25, 0.3) is 0 Å². The number of hydrogen-bond donors (Lipinski definition) is 2. The fraction of sp³-hybridized carbons (Fsp3) is 0.625. The minimum absolute atomic E-state index is 0.240. The largest absolute Gasteiger partial charge is 0.392 e. The third-order valence-electron chi connectivity index (χ3n) is 3.93. The molecule has 0 aliphatic heterocycles. The Kier molecular flexibility index (Phi) is 4.61. The van der Waals surface area contributed by atoms with Gasteiger partial charge in [0.15, 0.2) is 0 Å². The molecule has 3 heteroatoms. The van der Waals surface area contributed by atoms with Crippen LogP contribution in [0.3, 0.4) is 0 Å². The molecule has 1 aromatic rings. The zero-order chi connectivity index (χ0) is 14.0. The number of aliphatic hydroxyl groups is 2. The first-order valence-corrected chi connectivity index (χ1v) is 7.09. The van der Waals surface area contributed by atoms with Crippen LogP contribution in [0.4, 0.5) is 0 Å². The lowest BCUT2D eigenvalue weighted by Gasteiger charge is -2.24. The van der Waals surface area contributed by atoms with E-state index in [4.69, 9.17) is 0 Å². The maximum Gasteiger partial charge on any atom is 0.0919 e. The van der Waals surface area contributed by atoms with Gasteiger partial charge >= 0.3 is 0 Å². The molecule has 1 saturated carbocycles. The highest BCUT2D eigenvalue weighted by molar-refractivity contribution is 5.32. The number of aryl methyl sites for hydroxylation is 2. The summed E-state index contributed by atoms with van der Waals surface area (Å²) in [4.78, 5) is 2.02. The van der Waals surface area contributed by atoms with E-state index in [1.54, 1.807) is 0 Å². The van der Waals surface area contributed by atoms with Crippen molar-refractivity contribution in [3.8, 4) is 0 Å². The highest BCUT2D eigenvalue weighted by atomic mass is 16.3. The van der Waals surface area contributed by atoms with Crippen molar-refractivity contribution in [2.45, 2.75) is 38.9 Å². The van der Waals surface area contributed by atoms with Gasteiger partial charge in [0.05, 0.1) is 12.2 Å². The molecule has 2 atom stereocenters. The molecule has 0 bridgehead atoms. The van der Waals surface area contributed by atoms with Gasteiger partial charge in [-0.15, -0.1) is 0 Å². The zero-order valence-electron chi connectivity index (χ0n) is 12.1. The Hall–Kier alpha value is -0.900. The average molecular weight is 263 g/mol. The van der Waals surface area contributed by atoms with Crippen LogP contribution < -0.4 is 0 Å². The summed E-state index contributed by atoms with van der Waals surface area (Å²) in [6.07, 6.45) is 1.57. The highest BCUT2D eigenvalue weighted by Crippen LogP contribution is 2.32. The number of likely N-dealkylation sites (N-methyl/N-ethyl adjacent to an activating group) is 1. The van der Waals surface area contributed by atoms with E-state index in [1.807, 2.05) is 31.0 Å². The molecular formula is C16H25NO2. The van der Waals surface area contributed by atoms with Crippen LogP contribution in [0, 0.1) is 19.8 Å². The lowest BCUT2D eigenvalue weighted by Crippen LogP contribution is -2.33. The molecule has 0 aromatic heterocycles. The summed E-state index contributed by atoms with van der Waals surface area (Å²) in [5, 5.41) is 20.2. The Labute approximate surface area is 115 Å². The Morgan fingerprint density at radius 1 is 1.21 bits per heavy atom. The minimum Gasteiger partial charge on any atom is -0.392 e. The fourth-order valence-corrected chi connectivity index (χ4v) is 2.62. The van der Waals surface area contributed by atoms with Crippen LogP contribution in [0.15, 0.2) is 18.2 Å². The highest BCUT2D eigenvalue weighted by Gasteiger charge is 2.30. The molecule has 0 heterocycles. The van der Waals surface area contributed by atoms with Crippen molar-refractivity contribution in [3.63, 3.8) is 0 Å². The monoisotopic (exact) mass is 263 g/mol. The standard InChI is InChI=1S/C16H25NO2/c1-11-4-7-14(12(2)8-11)16(19)10-17(3)9-15(18)13-5-6-13/h4,7-8,13,15-16,18-19H,5-6,9-10H2,1-3H3. The summed E-state index contributed by atoms with van der Waals surface area (Å²) in [5.74, 6) is 0.487. The maximum absolute atomic E-state index is 10.3. The molecule has 1 aliphatic rings. The first-order chi connectivity index (χ1) is 8.97. The lowest BCUT2D eigenvalue weighted by atomic mass is 10.0. The van der Waals surface area contributed by atoms with Gasteiger partial charge < -0.3 is 15.1 Å². The Morgan fingerprint density at radius 3 is 2.47 bits per heavy atom. The number of hydrogen-bond acceptors (Lipinski definition) is 3. The molecular weight excluding hydrogens is 238 g/mol. The number of nitrogens with zero attached hydrogens (tertiary/aromatic N) is 1. The van der Waals surface area contributed by atoms with Gasteiger partial charge in [-0.3, -0.25) is 0 Å². The SMILES string of the molecule is Cc1ccc(C(O)CN(C)CC(O)C2CC2)c(C)c1. The van der Waals surface area contributed by atoms with E-state index in [-0.39, 0.29) is 6.10 Å². The van der Waals surface area contributed by atoms with Crippen LogP contribution in [-0.2, 0) is 0 Å². The summed E-state index contributed by atoms with van der Waals surface area (Å²) >= 11 is 0. The van der Waals surface area contributed by atoms with Crippen molar-refractivity contribution < 1.29 is 10.2 Å². The smallest absolute Gasteiger partial charge is 0.0919 e. The fourth-order valence-electron chi connectivity index (χ4n) is 2.62. The van der Waals surface area contributed by atoms with Gasteiger partial charge in [-0.2, -0.15) is 0 Å². The van der Waals surface area contributed by atoms with Crippen molar-refractivity contribution >= 4 is 0 Å². The van der Waals surface area contributed by atoms with E-state index in [0.29, 0.717) is 19.0 Å². The van der Waals surface area contributed by atoms with Crippen LogP contribution in [0.1, 0.15) is 35.6 Å². The summed E-state index contributed by atoms with van der Waals surface area (Å²) in [6, 6.07) is 6.13. The first-order valence-electron chi connectivity index (χ1n) is 7.09. The van der Waals surface area contributed by atoms with Crippen LogP contribution in [-0.4, -0.2) is 41.4 Å². The second kappa shape index (κ2) is 6.04.